The van der Waals surface area contributed by atoms with E-state index in [1.165, 1.54) is 12.8 Å². The van der Waals surface area contributed by atoms with E-state index in [9.17, 15) is 5.26 Å². The molecule has 0 spiro atoms. The van der Waals surface area contributed by atoms with E-state index in [0.29, 0.717) is 34.8 Å². The van der Waals surface area contributed by atoms with Gasteiger partial charge in [-0.25, -0.2) is 4.98 Å². The van der Waals surface area contributed by atoms with Crippen molar-refractivity contribution in [3.8, 4) is 29.3 Å². The average molecular weight is 330 g/mol. The molecule has 0 radical (unpaired) electrons. The van der Waals surface area contributed by atoms with Crippen molar-refractivity contribution in [3.63, 3.8) is 0 Å². The SMILES string of the molecule is N#Cc1ccc(-c2cc(C#N)cc(OC3C[C@H]4CC[C@@H](C3)N4)n2)cc1. The van der Waals surface area contributed by atoms with E-state index in [0.717, 1.165) is 18.4 Å². The van der Waals surface area contributed by atoms with Gasteiger partial charge < -0.3 is 10.1 Å². The fourth-order valence-corrected chi connectivity index (χ4v) is 3.77. The van der Waals surface area contributed by atoms with Gasteiger partial charge in [0.25, 0.3) is 0 Å². The lowest BCUT2D eigenvalue weighted by atomic mass is 10.0. The van der Waals surface area contributed by atoms with Crippen LogP contribution in [0.1, 0.15) is 36.8 Å². The van der Waals surface area contributed by atoms with Crippen LogP contribution >= 0.6 is 0 Å². The van der Waals surface area contributed by atoms with E-state index in [1.54, 1.807) is 24.3 Å². The third kappa shape index (κ3) is 3.33. The minimum absolute atomic E-state index is 0.147. The minimum atomic E-state index is 0.147. The monoisotopic (exact) mass is 330 g/mol. The van der Waals surface area contributed by atoms with Gasteiger partial charge in [0.05, 0.1) is 29.0 Å². The van der Waals surface area contributed by atoms with Gasteiger partial charge in [0, 0.05) is 23.7 Å². The topological polar surface area (TPSA) is 81.7 Å². The Balaban J connectivity index is 1.60. The lowest BCUT2D eigenvalue weighted by Gasteiger charge is -2.29. The summed E-state index contributed by atoms with van der Waals surface area (Å²) in [5.41, 5.74) is 2.69. The number of benzene rings is 1. The molecule has 2 aromatic rings. The first kappa shape index (κ1) is 15.6. The van der Waals surface area contributed by atoms with Crippen LogP contribution in [0.2, 0.25) is 0 Å². The second kappa shape index (κ2) is 6.55. The molecule has 2 fully saturated rings. The van der Waals surface area contributed by atoms with E-state index in [4.69, 9.17) is 10.00 Å². The van der Waals surface area contributed by atoms with Crippen LogP contribution in [0.5, 0.6) is 5.88 Å². The van der Waals surface area contributed by atoms with E-state index in [1.807, 2.05) is 12.1 Å². The predicted octanol–water partition coefficient (Wildman–Crippen LogP) is 3.15. The summed E-state index contributed by atoms with van der Waals surface area (Å²) in [6.45, 7) is 0. The molecule has 1 aromatic heterocycles. The molecule has 2 bridgehead atoms. The summed E-state index contributed by atoms with van der Waals surface area (Å²) in [6, 6.07) is 16.0. The zero-order valence-corrected chi connectivity index (χ0v) is 13.8. The number of pyridine rings is 1. The molecule has 3 atom stereocenters. The maximum Gasteiger partial charge on any atom is 0.215 e. The van der Waals surface area contributed by atoms with Crippen LogP contribution in [0.15, 0.2) is 36.4 Å². The molecule has 0 aliphatic carbocycles. The first-order valence-electron chi connectivity index (χ1n) is 8.59. The van der Waals surface area contributed by atoms with Gasteiger partial charge in [-0.3, -0.25) is 0 Å². The Morgan fingerprint density at radius 2 is 1.64 bits per heavy atom. The van der Waals surface area contributed by atoms with Gasteiger partial charge in [-0.1, -0.05) is 12.1 Å². The molecule has 1 N–H and O–H groups in total. The van der Waals surface area contributed by atoms with Crippen LogP contribution in [0.25, 0.3) is 11.3 Å². The van der Waals surface area contributed by atoms with Crippen molar-refractivity contribution < 1.29 is 4.74 Å². The molecule has 3 heterocycles. The summed E-state index contributed by atoms with van der Waals surface area (Å²) in [6.07, 6.45) is 4.55. The summed E-state index contributed by atoms with van der Waals surface area (Å²) in [7, 11) is 0. The number of aromatic nitrogens is 1. The van der Waals surface area contributed by atoms with Crippen molar-refractivity contribution in [1.29, 1.82) is 10.5 Å². The molecular formula is C20H18N4O. The predicted molar refractivity (Wildman–Crippen MR) is 92.7 cm³/mol. The number of ether oxygens (including phenoxy) is 1. The molecule has 0 saturated carbocycles. The fourth-order valence-electron chi connectivity index (χ4n) is 3.77. The van der Waals surface area contributed by atoms with E-state index >= 15 is 0 Å². The second-order valence-electron chi connectivity index (χ2n) is 6.73. The summed E-state index contributed by atoms with van der Waals surface area (Å²) in [5, 5.41) is 21.8. The van der Waals surface area contributed by atoms with Crippen LogP contribution in [-0.4, -0.2) is 23.2 Å². The first-order chi connectivity index (χ1) is 12.2. The number of hydrogen-bond acceptors (Lipinski definition) is 5. The Morgan fingerprint density at radius 1 is 0.960 bits per heavy atom. The van der Waals surface area contributed by atoms with Crippen LogP contribution in [0, 0.1) is 22.7 Å². The van der Waals surface area contributed by atoms with Gasteiger partial charge in [-0.2, -0.15) is 10.5 Å². The highest BCUT2D eigenvalue weighted by Gasteiger charge is 2.34. The lowest BCUT2D eigenvalue weighted by Crippen LogP contribution is -2.42. The normalized spacial score (nSPS) is 24.3. The van der Waals surface area contributed by atoms with Crippen molar-refractivity contribution in [2.24, 2.45) is 0 Å². The van der Waals surface area contributed by atoms with Crippen LogP contribution in [-0.2, 0) is 0 Å². The number of fused-ring (bicyclic) bond motifs is 2. The molecule has 5 nitrogen and oxygen atoms in total. The lowest BCUT2D eigenvalue weighted by molar-refractivity contribution is 0.132. The number of hydrogen-bond donors (Lipinski definition) is 1. The molecule has 5 heteroatoms. The second-order valence-corrected chi connectivity index (χ2v) is 6.73. The van der Waals surface area contributed by atoms with Gasteiger partial charge in [0.2, 0.25) is 5.88 Å². The van der Waals surface area contributed by atoms with E-state index in [2.05, 4.69) is 22.4 Å². The van der Waals surface area contributed by atoms with Gasteiger partial charge >= 0.3 is 0 Å². The summed E-state index contributed by atoms with van der Waals surface area (Å²) in [5.74, 6) is 0.504. The van der Waals surface area contributed by atoms with E-state index in [-0.39, 0.29) is 6.10 Å². The van der Waals surface area contributed by atoms with Crippen molar-refractivity contribution in [1.82, 2.24) is 10.3 Å². The summed E-state index contributed by atoms with van der Waals surface area (Å²) < 4.78 is 6.13. The van der Waals surface area contributed by atoms with Crippen LogP contribution < -0.4 is 10.1 Å². The Hall–Kier alpha value is -2.89. The van der Waals surface area contributed by atoms with Crippen LogP contribution in [0.3, 0.4) is 0 Å². The highest BCUT2D eigenvalue weighted by molar-refractivity contribution is 5.62. The smallest absolute Gasteiger partial charge is 0.215 e. The fraction of sp³-hybridized carbons (Fsp3) is 0.350. The molecule has 1 unspecified atom stereocenters. The maximum atomic E-state index is 9.33. The maximum absolute atomic E-state index is 9.33. The number of rotatable bonds is 3. The number of nitrogens with one attached hydrogen (secondary N) is 1. The summed E-state index contributed by atoms with van der Waals surface area (Å²) in [4.78, 5) is 4.60. The first-order valence-corrected chi connectivity index (χ1v) is 8.59. The van der Waals surface area contributed by atoms with Gasteiger partial charge in [-0.15, -0.1) is 0 Å². The van der Waals surface area contributed by atoms with Crippen LogP contribution in [0.4, 0.5) is 0 Å². The molecule has 25 heavy (non-hydrogen) atoms. The zero-order valence-electron chi connectivity index (χ0n) is 13.8. The molecule has 2 aliphatic rings. The van der Waals surface area contributed by atoms with Crippen molar-refractivity contribution in [3.05, 3.63) is 47.5 Å². The minimum Gasteiger partial charge on any atom is -0.474 e. The Morgan fingerprint density at radius 3 is 2.28 bits per heavy atom. The molecule has 2 saturated heterocycles. The van der Waals surface area contributed by atoms with Crippen molar-refractivity contribution >= 4 is 0 Å². The Bertz CT molecular complexity index is 851. The highest BCUT2D eigenvalue weighted by Crippen LogP contribution is 2.30. The largest absolute Gasteiger partial charge is 0.474 e. The molecule has 0 amide bonds. The Labute approximate surface area is 146 Å². The molecule has 124 valence electrons. The van der Waals surface area contributed by atoms with Crippen molar-refractivity contribution in [2.45, 2.75) is 43.9 Å². The van der Waals surface area contributed by atoms with Gasteiger partial charge in [0.1, 0.15) is 6.10 Å². The Kier molecular flexibility index (Phi) is 4.09. The number of piperidine rings is 1. The molecular weight excluding hydrogens is 312 g/mol. The van der Waals surface area contributed by atoms with E-state index < -0.39 is 0 Å². The molecule has 4 rings (SSSR count). The van der Waals surface area contributed by atoms with Crippen molar-refractivity contribution in [2.75, 3.05) is 0 Å². The standard InChI is InChI=1S/C20H18N4O/c21-11-13-1-3-15(4-2-13)19-7-14(12-22)8-20(24-19)25-18-9-16-5-6-17(10-18)23-16/h1-4,7-8,16-18,23H,5-6,9-10H2/t16-,17+,18?. The number of nitrogens with zero attached hydrogens (tertiary/aromatic N) is 3. The average Bonchev–Trinajstić information content (AvgIpc) is 2.99. The highest BCUT2D eigenvalue weighted by atomic mass is 16.5. The third-order valence-electron chi connectivity index (χ3n) is 4.96. The molecule has 2 aliphatic heterocycles. The number of nitriles is 2. The third-order valence-corrected chi connectivity index (χ3v) is 4.96. The molecule has 1 aromatic carbocycles. The summed E-state index contributed by atoms with van der Waals surface area (Å²) >= 11 is 0. The van der Waals surface area contributed by atoms with Gasteiger partial charge in [0.15, 0.2) is 0 Å². The quantitative estimate of drug-likeness (QED) is 0.935. The zero-order chi connectivity index (χ0) is 17.2. The van der Waals surface area contributed by atoms with Gasteiger partial charge in [-0.05, 0) is 43.9 Å².